The molecule has 1 aliphatic heterocycles. The van der Waals surface area contributed by atoms with Crippen LogP contribution in [0.25, 0.3) is 0 Å². The first-order valence-electron chi connectivity index (χ1n) is 6.95. The van der Waals surface area contributed by atoms with Gasteiger partial charge in [0.05, 0.1) is 11.7 Å². The van der Waals surface area contributed by atoms with Crippen molar-refractivity contribution in [3.05, 3.63) is 22.9 Å². The van der Waals surface area contributed by atoms with Crippen molar-refractivity contribution in [2.75, 3.05) is 18.0 Å². The number of aromatic nitrogens is 1. The third-order valence-corrected chi connectivity index (χ3v) is 4.02. The predicted octanol–water partition coefficient (Wildman–Crippen LogP) is 0.815. The summed E-state index contributed by atoms with van der Waals surface area (Å²) in [5.41, 5.74) is 8.79. The van der Waals surface area contributed by atoms with Crippen molar-refractivity contribution in [1.29, 1.82) is 5.41 Å². The molecule has 0 saturated carbocycles. The lowest BCUT2D eigenvalue weighted by atomic mass is 10.1. The van der Waals surface area contributed by atoms with Crippen LogP contribution in [0.1, 0.15) is 36.1 Å². The van der Waals surface area contributed by atoms with Crippen LogP contribution in [0, 0.1) is 5.41 Å². The molecule has 0 bridgehead atoms. The van der Waals surface area contributed by atoms with E-state index in [0.717, 1.165) is 55.7 Å². The highest BCUT2D eigenvalue weighted by molar-refractivity contribution is 6.00. The van der Waals surface area contributed by atoms with Crippen LogP contribution in [0.3, 0.4) is 0 Å². The highest BCUT2D eigenvalue weighted by Gasteiger charge is 2.24. The fourth-order valence-corrected chi connectivity index (χ4v) is 3.05. The number of piperidine rings is 1. The maximum absolute atomic E-state index is 9.81. The molecule has 102 valence electrons. The van der Waals surface area contributed by atoms with Gasteiger partial charge in [-0.1, -0.05) is 0 Å². The van der Waals surface area contributed by atoms with Crippen molar-refractivity contribution < 1.29 is 5.11 Å². The molecule has 0 aromatic carbocycles. The summed E-state index contributed by atoms with van der Waals surface area (Å²) in [5, 5.41) is 17.6. The maximum atomic E-state index is 9.81. The van der Waals surface area contributed by atoms with E-state index in [1.807, 2.05) is 6.07 Å². The van der Waals surface area contributed by atoms with Gasteiger partial charge in [-0.15, -0.1) is 0 Å². The largest absolute Gasteiger partial charge is 0.391 e. The Bertz CT molecular complexity index is 514. The molecule has 2 heterocycles. The van der Waals surface area contributed by atoms with Crippen LogP contribution in [0.4, 0.5) is 5.82 Å². The molecule has 4 N–H and O–H groups in total. The molecule has 1 atom stereocenters. The number of nitrogens with zero attached hydrogens (tertiary/aromatic N) is 2. The SMILES string of the molecule is N=C(N)c1cc2c(nc1N1CCCC(O)C1)CCC2. The second-order valence-corrected chi connectivity index (χ2v) is 5.47. The number of aryl methyl sites for hydroxylation is 2. The number of pyridine rings is 1. The molecule has 1 unspecified atom stereocenters. The monoisotopic (exact) mass is 260 g/mol. The molecule has 3 rings (SSSR count). The van der Waals surface area contributed by atoms with Crippen molar-refractivity contribution in [2.24, 2.45) is 5.73 Å². The summed E-state index contributed by atoms with van der Waals surface area (Å²) in [7, 11) is 0. The second-order valence-electron chi connectivity index (χ2n) is 5.47. The zero-order valence-electron chi connectivity index (χ0n) is 11.0. The Balaban J connectivity index is 2.01. The van der Waals surface area contributed by atoms with Gasteiger partial charge in [0.1, 0.15) is 11.7 Å². The van der Waals surface area contributed by atoms with Crippen molar-refractivity contribution in [3.63, 3.8) is 0 Å². The minimum Gasteiger partial charge on any atom is -0.391 e. The number of nitrogens with one attached hydrogen (secondary N) is 1. The van der Waals surface area contributed by atoms with E-state index in [9.17, 15) is 5.11 Å². The van der Waals surface area contributed by atoms with Gasteiger partial charge in [-0.25, -0.2) is 4.98 Å². The van der Waals surface area contributed by atoms with Gasteiger partial charge in [0.15, 0.2) is 0 Å². The molecule has 5 nitrogen and oxygen atoms in total. The number of β-amino-alcohol motifs (C(OH)–C–C–N with tert-alkyl or cyclic N) is 1. The zero-order valence-corrected chi connectivity index (χ0v) is 11.0. The highest BCUT2D eigenvalue weighted by atomic mass is 16.3. The lowest BCUT2D eigenvalue weighted by Gasteiger charge is -2.32. The Labute approximate surface area is 113 Å². The lowest BCUT2D eigenvalue weighted by molar-refractivity contribution is 0.154. The molecular formula is C14H20N4O. The Hall–Kier alpha value is -1.62. The fourth-order valence-electron chi connectivity index (χ4n) is 3.05. The number of nitrogen functional groups attached to an aromatic ring is 1. The summed E-state index contributed by atoms with van der Waals surface area (Å²) < 4.78 is 0. The van der Waals surface area contributed by atoms with Gasteiger partial charge in [0.25, 0.3) is 0 Å². The molecule has 0 amide bonds. The summed E-state index contributed by atoms with van der Waals surface area (Å²) in [6.45, 7) is 1.47. The average Bonchev–Trinajstić information content (AvgIpc) is 2.84. The fraction of sp³-hybridized carbons (Fsp3) is 0.571. The Morgan fingerprint density at radius 1 is 1.42 bits per heavy atom. The number of nitrogens with two attached hydrogens (primary N) is 1. The first kappa shape index (κ1) is 12.4. The van der Waals surface area contributed by atoms with E-state index in [0.29, 0.717) is 6.54 Å². The highest BCUT2D eigenvalue weighted by Crippen LogP contribution is 2.28. The van der Waals surface area contributed by atoms with Crippen LogP contribution >= 0.6 is 0 Å². The van der Waals surface area contributed by atoms with Crippen LogP contribution in [0.5, 0.6) is 0 Å². The number of amidine groups is 1. The molecule has 5 heteroatoms. The minimum atomic E-state index is -0.302. The first-order chi connectivity index (χ1) is 9.15. The van der Waals surface area contributed by atoms with E-state index in [4.69, 9.17) is 16.1 Å². The lowest BCUT2D eigenvalue weighted by Crippen LogP contribution is -2.40. The molecule has 19 heavy (non-hydrogen) atoms. The number of hydrogen-bond donors (Lipinski definition) is 3. The number of anilines is 1. The number of aliphatic hydroxyl groups is 1. The smallest absolute Gasteiger partial charge is 0.139 e. The Kier molecular flexibility index (Phi) is 3.14. The molecule has 0 radical (unpaired) electrons. The van der Waals surface area contributed by atoms with Gasteiger partial charge < -0.3 is 15.7 Å². The van der Waals surface area contributed by atoms with Crippen molar-refractivity contribution in [3.8, 4) is 0 Å². The summed E-state index contributed by atoms with van der Waals surface area (Å²) in [6, 6.07) is 2.02. The third-order valence-electron chi connectivity index (χ3n) is 4.02. The first-order valence-corrected chi connectivity index (χ1v) is 6.95. The van der Waals surface area contributed by atoms with Crippen LogP contribution in [-0.4, -0.2) is 35.1 Å². The van der Waals surface area contributed by atoms with Gasteiger partial charge in [0.2, 0.25) is 0 Å². The molecule has 1 aromatic heterocycles. The van der Waals surface area contributed by atoms with E-state index in [1.54, 1.807) is 0 Å². The molecule has 2 aliphatic rings. The van der Waals surface area contributed by atoms with E-state index in [2.05, 4.69) is 4.90 Å². The molecule has 1 aromatic rings. The van der Waals surface area contributed by atoms with Gasteiger partial charge in [-0.05, 0) is 43.7 Å². The van der Waals surface area contributed by atoms with Gasteiger partial charge in [-0.2, -0.15) is 0 Å². The van der Waals surface area contributed by atoms with Crippen LogP contribution in [0.15, 0.2) is 6.07 Å². The summed E-state index contributed by atoms with van der Waals surface area (Å²) in [6.07, 6.45) is 4.67. The van der Waals surface area contributed by atoms with E-state index >= 15 is 0 Å². The number of aliphatic hydroxyl groups excluding tert-OH is 1. The molecule has 0 spiro atoms. The summed E-state index contributed by atoms with van der Waals surface area (Å²) in [5.74, 6) is 0.851. The van der Waals surface area contributed by atoms with Gasteiger partial charge in [-0.3, -0.25) is 5.41 Å². The number of rotatable bonds is 2. The van der Waals surface area contributed by atoms with Gasteiger partial charge in [0, 0.05) is 18.8 Å². The van der Waals surface area contributed by atoms with Crippen molar-refractivity contribution in [2.45, 2.75) is 38.2 Å². The predicted molar refractivity (Wildman–Crippen MR) is 74.7 cm³/mol. The summed E-state index contributed by atoms with van der Waals surface area (Å²) in [4.78, 5) is 6.80. The number of hydrogen-bond acceptors (Lipinski definition) is 4. The van der Waals surface area contributed by atoms with Gasteiger partial charge >= 0.3 is 0 Å². The number of fused-ring (bicyclic) bond motifs is 1. The average molecular weight is 260 g/mol. The Morgan fingerprint density at radius 2 is 2.26 bits per heavy atom. The van der Waals surface area contributed by atoms with E-state index in [-0.39, 0.29) is 11.9 Å². The molecular weight excluding hydrogens is 240 g/mol. The molecule has 1 saturated heterocycles. The minimum absolute atomic E-state index is 0.0669. The van der Waals surface area contributed by atoms with E-state index < -0.39 is 0 Å². The third kappa shape index (κ3) is 2.30. The maximum Gasteiger partial charge on any atom is 0.139 e. The van der Waals surface area contributed by atoms with Crippen LogP contribution in [-0.2, 0) is 12.8 Å². The van der Waals surface area contributed by atoms with E-state index in [1.165, 1.54) is 5.56 Å². The Morgan fingerprint density at radius 3 is 3.00 bits per heavy atom. The normalized spacial score (nSPS) is 22.4. The zero-order chi connectivity index (χ0) is 13.4. The molecule has 1 aliphatic carbocycles. The second kappa shape index (κ2) is 4.81. The quantitative estimate of drug-likeness (QED) is 0.542. The summed E-state index contributed by atoms with van der Waals surface area (Å²) >= 11 is 0. The molecule has 1 fully saturated rings. The topological polar surface area (TPSA) is 86.2 Å². The van der Waals surface area contributed by atoms with Crippen molar-refractivity contribution in [1.82, 2.24) is 4.98 Å². The van der Waals surface area contributed by atoms with Crippen LogP contribution < -0.4 is 10.6 Å². The van der Waals surface area contributed by atoms with Crippen molar-refractivity contribution >= 4 is 11.7 Å². The standard InChI is InChI=1S/C14H20N4O/c15-13(16)11-7-9-3-1-5-12(9)17-14(11)18-6-2-4-10(19)8-18/h7,10,19H,1-6,8H2,(H3,15,16). The van der Waals surface area contributed by atoms with Crippen LogP contribution in [0.2, 0.25) is 0 Å².